The minimum atomic E-state index is -0.285. The molecule has 0 amide bonds. The number of nitrogens with one attached hydrogen (secondary N) is 1. The summed E-state index contributed by atoms with van der Waals surface area (Å²) in [5.41, 5.74) is 1.81. The molecular formula is C17H17ClFNO. The van der Waals surface area contributed by atoms with Crippen molar-refractivity contribution in [2.45, 2.75) is 32.4 Å². The summed E-state index contributed by atoms with van der Waals surface area (Å²) in [6.45, 7) is 2.58. The number of hydrogen-bond donors (Lipinski definition) is 1. The van der Waals surface area contributed by atoms with Crippen molar-refractivity contribution in [3.05, 3.63) is 58.4 Å². The van der Waals surface area contributed by atoms with E-state index in [9.17, 15) is 4.39 Å². The number of rotatable bonds is 5. The molecule has 0 radical (unpaired) electrons. The summed E-state index contributed by atoms with van der Waals surface area (Å²) in [5.74, 6) is 0.908. The molecule has 0 saturated heterocycles. The van der Waals surface area contributed by atoms with E-state index in [0.717, 1.165) is 11.1 Å². The molecule has 1 saturated carbocycles. The third kappa shape index (κ3) is 3.96. The van der Waals surface area contributed by atoms with Gasteiger partial charge in [0, 0.05) is 23.7 Å². The lowest BCUT2D eigenvalue weighted by molar-refractivity contribution is 0.471. The fourth-order valence-corrected chi connectivity index (χ4v) is 2.41. The Hall–Kier alpha value is -1.58. The van der Waals surface area contributed by atoms with Crippen molar-refractivity contribution in [3.8, 4) is 11.5 Å². The Morgan fingerprint density at radius 1 is 1.24 bits per heavy atom. The molecule has 1 aliphatic carbocycles. The van der Waals surface area contributed by atoms with Crippen LogP contribution < -0.4 is 10.1 Å². The monoisotopic (exact) mass is 305 g/mol. The highest BCUT2D eigenvalue weighted by molar-refractivity contribution is 6.30. The van der Waals surface area contributed by atoms with Gasteiger partial charge in [-0.05, 0) is 61.2 Å². The summed E-state index contributed by atoms with van der Waals surface area (Å²) in [6.07, 6.45) is 2.42. The summed E-state index contributed by atoms with van der Waals surface area (Å²) in [7, 11) is 0. The van der Waals surface area contributed by atoms with Crippen LogP contribution in [0.3, 0.4) is 0 Å². The molecular weight excluding hydrogens is 289 g/mol. The molecule has 3 rings (SSSR count). The van der Waals surface area contributed by atoms with E-state index < -0.39 is 0 Å². The standard InChI is InChI=1S/C17H17ClFNO/c1-11-6-13(18)2-5-17(11)21-16-8-12(7-14(19)9-16)10-20-15-3-4-15/h2,5-9,15,20H,3-4,10H2,1H3. The Bertz CT molecular complexity index is 655. The molecule has 0 unspecified atom stereocenters. The van der Waals surface area contributed by atoms with Gasteiger partial charge in [0.25, 0.3) is 0 Å². The van der Waals surface area contributed by atoms with Gasteiger partial charge in [0.15, 0.2) is 0 Å². The van der Waals surface area contributed by atoms with E-state index >= 15 is 0 Å². The maximum atomic E-state index is 13.7. The molecule has 2 nitrogen and oxygen atoms in total. The van der Waals surface area contributed by atoms with Gasteiger partial charge >= 0.3 is 0 Å². The van der Waals surface area contributed by atoms with Gasteiger partial charge in [0.05, 0.1) is 0 Å². The van der Waals surface area contributed by atoms with Crippen LogP contribution in [0.5, 0.6) is 11.5 Å². The largest absolute Gasteiger partial charge is 0.457 e. The van der Waals surface area contributed by atoms with Gasteiger partial charge in [0.2, 0.25) is 0 Å². The second-order valence-electron chi connectivity index (χ2n) is 5.46. The quantitative estimate of drug-likeness (QED) is 0.854. The van der Waals surface area contributed by atoms with E-state index in [-0.39, 0.29) is 5.82 Å². The molecule has 1 N–H and O–H groups in total. The fourth-order valence-electron chi connectivity index (χ4n) is 2.19. The van der Waals surface area contributed by atoms with Crippen LogP contribution in [0.4, 0.5) is 4.39 Å². The summed E-state index contributed by atoms with van der Waals surface area (Å²) < 4.78 is 19.5. The molecule has 21 heavy (non-hydrogen) atoms. The van der Waals surface area contributed by atoms with Crippen LogP contribution in [-0.4, -0.2) is 6.04 Å². The molecule has 0 bridgehead atoms. The second kappa shape index (κ2) is 6.04. The predicted octanol–water partition coefficient (Wildman–Crippen LogP) is 4.83. The molecule has 110 valence electrons. The van der Waals surface area contributed by atoms with Crippen LogP contribution in [0.25, 0.3) is 0 Å². The molecule has 0 heterocycles. The van der Waals surface area contributed by atoms with Crippen molar-refractivity contribution in [2.24, 2.45) is 0 Å². The van der Waals surface area contributed by atoms with Crippen molar-refractivity contribution in [2.75, 3.05) is 0 Å². The van der Waals surface area contributed by atoms with Gasteiger partial charge in [-0.25, -0.2) is 4.39 Å². The minimum Gasteiger partial charge on any atom is -0.457 e. The van der Waals surface area contributed by atoms with Crippen molar-refractivity contribution >= 4 is 11.6 Å². The number of ether oxygens (including phenoxy) is 1. The number of halogens is 2. The Morgan fingerprint density at radius 3 is 2.76 bits per heavy atom. The molecule has 0 atom stereocenters. The van der Waals surface area contributed by atoms with Crippen LogP contribution >= 0.6 is 11.6 Å². The van der Waals surface area contributed by atoms with Crippen LogP contribution in [0.2, 0.25) is 5.02 Å². The Morgan fingerprint density at radius 2 is 2.05 bits per heavy atom. The third-order valence-corrected chi connectivity index (χ3v) is 3.70. The van der Waals surface area contributed by atoms with Crippen LogP contribution in [-0.2, 0) is 6.54 Å². The lowest BCUT2D eigenvalue weighted by Gasteiger charge is -2.11. The molecule has 0 aliphatic heterocycles. The Kier molecular flexibility index (Phi) is 4.13. The van der Waals surface area contributed by atoms with Crippen molar-refractivity contribution in [3.63, 3.8) is 0 Å². The van der Waals surface area contributed by atoms with E-state index in [1.54, 1.807) is 12.1 Å². The smallest absolute Gasteiger partial charge is 0.130 e. The highest BCUT2D eigenvalue weighted by Gasteiger charge is 2.20. The number of aryl methyl sites for hydroxylation is 1. The normalized spacial score (nSPS) is 14.2. The van der Waals surface area contributed by atoms with E-state index in [0.29, 0.717) is 29.1 Å². The van der Waals surface area contributed by atoms with Gasteiger partial charge in [-0.2, -0.15) is 0 Å². The first-order valence-corrected chi connectivity index (χ1v) is 7.45. The van der Waals surface area contributed by atoms with Crippen molar-refractivity contribution in [1.29, 1.82) is 0 Å². The van der Waals surface area contributed by atoms with Gasteiger partial charge in [-0.3, -0.25) is 0 Å². The zero-order valence-electron chi connectivity index (χ0n) is 11.8. The van der Waals surface area contributed by atoms with E-state index in [2.05, 4.69) is 5.32 Å². The molecule has 0 spiro atoms. The number of benzene rings is 2. The third-order valence-electron chi connectivity index (χ3n) is 3.47. The maximum absolute atomic E-state index is 13.7. The van der Waals surface area contributed by atoms with Crippen LogP contribution in [0, 0.1) is 12.7 Å². The van der Waals surface area contributed by atoms with Gasteiger partial charge < -0.3 is 10.1 Å². The average molecular weight is 306 g/mol. The van der Waals surface area contributed by atoms with Crippen LogP contribution in [0.15, 0.2) is 36.4 Å². The minimum absolute atomic E-state index is 0.285. The molecule has 2 aromatic carbocycles. The topological polar surface area (TPSA) is 21.3 Å². The SMILES string of the molecule is Cc1cc(Cl)ccc1Oc1cc(F)cc(CNC2CC2)c1. The van der Waals surface area contributed by atoms with Crippen LogP contribution in [0.1, 0.15) is 24.0 Å². The van der Waals surface area contributed by atoms with E-state index in [1.165, 1.54) is 25.0 Å². The van der Waals surface area contributed by atoms with E-state index in [1.807, 2.05) is 19.1 Å². The molecule has 1 fully saturated rings. The Labute approximate surface area is 128 Å². The zero-order chi connectivity index (χ0) is 14.8. The fraction of sp³-hybridized carbons (Fsp3) is 0.294. The molecule has 2 aromatic rings. The van der Waals surface area contributed by atoms with Gasteiger partial charge in [-0.1, -0.05) is 11.6 Å². The van der Waals surface area contributed by atoms with Gasteiger partial charge in [0.1, 0.15) is 17.3 Å². The predicted molar refractivity (Wildman–Crippen MR) is 82.5 cm³/mol. The van der Waals surface area contributed by atoms with Crippen molar-refractivity contribution < 1.29 is 9.13 Å². The first kappa shape index (κ1) is 14.4. The second-order valence-corrected chi connectivity index (χ2v) is 5.90. The van der Waals surface area contributed by atoms with Crippen molar-refractivity contribution in [1.82, 2.24) is 5.32 Å². The summed E-state index contributed by atoms with van der Waals surface area (Å²) in [4.78, 5) is 0. The Balaban J connectivity index is 1.77. The summed E-state index contributed by atoms with van der Waals surface area (Å²) in [5, 5.41) is 4.03. The highest BCUT2D eigenvalue weighted by atomic mass is 35.5. The summed E-state index contributed by atoms with van der Waals surface area (Å²) in [6, 6.07) is 10.8. The van der Waals surface area contributed by atoms with E-state index in [4.69, 9.17) is 16.3 Å². The zero-order valence-corrected chi connectivity index (χ0v) is 12.6. The molecule has 4 heteroatoms. The van der Waals surface area contributed by atoms with Gasteiger partial charge in [-0.15, -0.1) is 0 Å². The summed E-state index contributed by atoms with van der Waals surface area (Å²) >= 11 is 5.92. The lowest BCUT2D eigenvalue weighted by atomic mass is 10.2. The number of hydrogen-bond acceptors (Lipinski definition) is 2. The maximum Gasteiger partial charge on any atom is 0.130 e. The lowest BCUT2D eigenvalue weighted by Crippen LogP contribution is -2.15. The molecule has 1 aliphatic rings. The highest BCUT2D eigenvalue weighted by Crippen LogP contribution is 2.28. The molecule has 0 aromatic heterocycles. The first-order chi connectivity index (χ1) is 10.1. The first-order valence-electron chi connectivity index (χ1n) is 7.07. The average Bonchev–Trinajstić information content (AvgIpc) is 3.23.